The molecule has 0 bridgehead atoms. The predicted octanol–water partition coefficient (Wildman–Crippen LogP) is 2.42. The number of hydrogen-bond acceptors (Lipinski definition) is 4. The summed E-state index contributed by atoms with van der Waals surface area (Å²) in [5.41, 5.74) is 0. The second-order valence-electron chi connectivity index (χ2n) is 4.64. The summed E-state index contributed by atoms with van der Waals surface area (Å²) in [4.78, 5) is 11.5. The molecule has 0 aromatic carbocycles. The maximum atomic E-state index is 12.4. The van der Waals surface area contributed by atoms with Crippen LogP contribution in [0.5, 0.6) is 0 Å². The Morgan fingerprint density at radius 1 is 1.53 bits per heavy atom. The Bertz CT molecular complexity index is 562. The molecule has 1 unspecified atom stereocenters. The van der Waals surface area contributed by atoms with Gasteiger partial charge in [-0.25, -0.2) is 17.5 Å². The van der Waals surface area contributed by atoms with E-state index in [-0.39, 0.29) is 15.7 Å². The Morgan fingerprint density at radius 2 is 2.11 bits per heavy atom. The second-order valence-corrected chi connectivity index (χ2v) is 7.90. The average molecular weight is 305 g/mol. The molecule has 0 radical (unpaired) electrons. The van der Waals surface area contributed by atoms with Gasteiger partial charge in [0.1, 0.15) is 4.88 Å². The zero-order valence-electron chi connectivity index (χ0n) is 11.5. The molecule has 0 fully saturated rings. The minimum Gasteiger partial charge on any atom is -0.477 e. The summed E-state index contributed by atoms with van der Waals surface area (Å²) in [6.45, 7) is 6.04. The first kappa shape index (κ1) is 16.1. The molecule has 0 saturated carbocycles. The number of carboxylic acid groups (broad SMARTS) is 1. The van der Waals surface area contributed by atoms with Crippen LogP contribution in [-0.2, 0) is 10.0 Å². The molecule has 1 aromatic rings. The largest absolute Gasteiger partial charge is 0.477 e. The molecule has 7 heteroatoms. The summed E-state index contributed by atoms with van der Waals surface area (Å²) >= 11 is 0.986. The first-order valence-corrected chi connectivity index (χ1v) is 8.25. The zero-order chi connectivity index (χ0) is 14.8. The first-order valence-electron chi connectivity index (χ1n) is 6.00. The molecule has 1 aromatic heterocycles. The molecule has 1 atom stereocenters. The number of thiophene rings is 1. The van der Waals surface area contributed by atoms with Crippen molar-refractivity contribution in [1.29, 1.82) is 0 Å². The summed E-state index contributed by atoms with van der Waals surface area (Å²) in [5.74, 6) is -0.836. The number of carbonyl (C=O) groups is 1. The Hall–Kier alpha value is -0.920. The molecule has 1 rings (SSSR count). The van der Waals surface area contributed by atoms with E-state index in [0.717, 1.165) is 17.8 Å². The van der Waals surface area contributed by atoms with Gasteiger partial charge in [-0.1, -0.05) is 20.3 Å². The van der Waals surface area contributed by atoms with Crippen molar-refractivity contribution in [2.75, 3.05) is 13.6 Å². The van der Waals surface area contributed by atoms with Crippen LogP contribution in [0.1, 0.15) is 34.8 Å². The van der Waals surface area contributed by atoms with E-state index in [0.29, 0.717) is 11.4 Å². The smallest absolute Gasteiger partial charge is 0.345 e. The fourth-order valence-corrected chi connectivity index (χ4v) is 4.35. The third kappa shape index (κ3) is 3.55. The predicted molar refractivity (Wildman–Crippen MR) is 75.3 cm³/mol. The quantitative estimate of drug-likeness (QED) is 0.876. The van der Waals surface area contributed by atoms with Gasteiger partial charge in [-0.15, -0.1) is 11.3 Å². The van der Waals surface area contributed by atoms with Crippen LogP contribution in [0, 0.1) is 12.8 Å². The molecule has 5 nitrogen and oxygen atoms in total. The summed E-state index contributed by atoms with van der Waals surface area (Å²) in [5, 5.41) is 8.91. The maximum Gasteiger partial charge on any atom is 0.345 e. The van der Waals surface area contributed by atoms with E-state index in [1.165, 1.54) is 17.4 Å². The summed E-state index contributed by atoms with van der Waals surface area (Å²) < 4.78 is 26.1. The van der Waals surface area contributed by atoms with Crippen LogP contribution in [0.2, 0.25) is 0 Å². The molecule has 108 valence electrons. The van der Waals surface area contributed by atoms with E-state index in [4.69, 9.17) is 5.11 Å². The Balaban J connectivity index is 3.09. The highest BCUT2D eigenvalue weighted by molar-refractivity contribution is 7.89. The van der Waals surface area contributed by atoms with E-state index in [1.807, 2.05) is 13.8 Å². The van der Waals surface area contributed by atoms with Crippen LogP contribution in [0.25, 0.3) is 0 Å². The van der Waals surface area contributed by atoms with E-state index in [9.17, 15) is 13.2 Å². The highest BCUT2D eigenvalue weighted by Gasteiger charge is 2.26. The van der Waals surface area contributed by atoms with E-state index in [2.05, 4.69) is 0 Å². The van der Waals surface area contributed by atoms with Crippen LogP contribution in [0.3, 0.4) is 0 Å². The zero-order valence-corrected chi connectivity index (χ0v) is 13.1. The average Bonchev–Trinajstić information content (AvgIpc) is 2.71. The number of rotatable bonds is 6. The minimum atomic E-state index is -3.61. The molecule has 0 aliphatic rings. The standard InChI is InChI=1S/C12H19NO4S2/c1-5-8(2)7-13(4)19(16,17)11-6-10(12(14)15)18-9(11)3/h6,8H,5,7H2,1-4H3,(H,14,15). The number of carboxylic acids is 1. The van der Waals surface area contributed by atoms with Gasteiger partial charge in [0.2, 0.25) is 10.0 Å². The van der Waals surface area contributed by atoms with E-state index >= 15 is 0 Å². The van der Waals surface area contributed by atoms with Crippen molar-refractivity contribution in [3.63, 3.8) is 0 Å². The Kier molecular flexibility index (Phi) is 5.11. The summed E-state index contributed by atoms with van der Waals surface area (Å²) in [6, 6.07) is 1.24. The molecular formula is C12H19NO4S2. The van der Waals surface area contributed by atoms with Gasteiger partial charge in [0, 0.05) is 18.5 Å². The summed E-state index contributed by atoms with van der Waals surface area (Å²) in [7, 11) is -2.08. The molecule has 0 aliphatic carbocycles. The van der Waals surface area contributed by atoms with E-state index < -0.39 is 16.0 Å². The molecule has 1 N–H and O–H groups in total. The molecule has 19 heavy (non-hydrogen) atoms. The third-order valence-electron chi connectivity index (χ3n) is 3.04. The van der Waals surface area contributed by atoms with Gasteiger partial charge in [0.15, 0.2) is 0 Å². The molecule has 0 aliphatic heterocycles. The summed E-state index contributed by atoms with van der Waals surface area (Å²) in [6.07, 6.45) is 0.892. The Morgan fingerprint density at radius 3 is 2.53 bits per heavy atom. The van der Waals surface area contributed by atoms with Crippen molar-refractivity contribution in [2.24, 2.45) is 5.92 Å². The van der Waals surface area contributed by atoms with Crippen LogP contribution in [0.15, 0.2) is 11.0 Å². The fraction of sp³-hybridized carbons (Fsp3) is 0.583. The van der Waals surface area contributed by atoms with Crippen molar-refractivity contribution in [1.82, 2.24) is 4.31 Å². The number of sulfonamides is 1. The van der Waals surface area contributed by atoms with Crippen LogP contribution in [0.4, 0.5) is 0 Å². The van der Waals surface area contributed by atoms with Crippen LogP contribution >= 0.6 is 11.3 Å². The number of aryl methyl sites for hydroxylation is 1. The lowest BCUT2D eigenvalue weighted by Crippen LogP contribution is -2.31. The molecule has 0 spiro atoms. The van der Waals surface area contributed by atoms with Gasteiger partial charge in [-0.05, 0) is 18.9 Å². The first-order chi connectivity index (χ1) is 8.70. The van der Waals surface area contributed by atoms with Gasteiger partial charge in [0.05, 0.1) is 4.90 Å². The van der Waals surface area contributed by atoms with Crippen molar-refractivity contribution in [3.05, 3.63) is 15.8 Å². The van der Waals surface area contributed by atoms with Crippen molar-refractivity contribution < 1.29 is 18.3 Å². The number of nitrogens with zero attached hydrogens (tertiary/aromatic N) is 1. The fourth-order valence-electron chi connectivity index (χ4n) is 1.66. The maximum absolute atomic E-state index is 12.4. The van der Waals surface area contributed by atoms with Crippen LogP contribution < -0.4 is 0 Å². The minimum absolute atomic E-state index is 0.0491. The van der Waals surface area contributed by atoms with Gasteiger partial charge in [-0.2, -0.15) is 0 Å². The lowest BCUT2D eigenvalue weighted by Gasteiger charge is -2.20. The van der Waals surface area contributed by atoms with E-state index in [1.54, 1.807) is 6.92 Å². The molecule has 0 amide bonds. The topological polar surface area (TPSA) is 74.7 Å². The number of hydrogen-bond donors (Lipinski definition) is 1. The van der Waals surface area contributed by atoms with Crippen molar-refractivity contribution in [2.45, 2.75) is 32.1 Å². The third-order valence-corrected chi connectivity index (χ3v) is 6.15. The highest BCUT2D eigenvalue weighted by atomic mass is 32.2. The SMILES string of the molecule is CCC(C)CN(C)S(=O)(=O)c1cc(C(=O)O)sc1C. The lowest BCUT2D eigenvalue weighted by atomic mass is 10.1. The molecular weight excluding hydrogens is 286 g/mol. The number of aromatic carboxylic acids is 1. The van der Waals surface area contributed by atoms with Gasteiger partial charge in [0.25, 0.3) is 0 Å². The van der Waals surface area contributed by atoms with Gasteiger partial charge < -0.3 is 5.11 Å². The highest BCUT2D eigenvalue weighted by Crippen LogP contribution is 2.28. The van der Waals surface area contributed by atoms with Crippen molar-refractivity contribution in [3.8, 4) is 0 Å². The van der Waals surface area contributed by atoms with Crippen LogP contribution in [-0.4, -0.2) is 37.4 Å². The second kappa shape index (κ2) is 6.02. The molecule has 0 saturated heterocycles. The lowest BCUT2D eigenvalue weighted by molar-refractivity contribution is 0.0702. The monoisotopic (exact) mass is 305 g/mol. The normalized spacial score (nSPS) is 13.7. The van der Waals surface area contributed by atoms with Gasteiger partial charge >= 0.3 is 5.97 Å². The van der Waals surface area contributed by atoms with Crippen molar-refractivity contribution >= 4 is 27.3 Å². The van der Waals surface area contributed by atoms with Gasteiger partial charge in [-0.3, -0.25) is 0 Å². The Labute approximate surface area is 117 Å². The molecule has 1 heterocycles.